The van der Waals surface area contributed by atoms with Gasteiger partial charge in [0.25, 0.3) is 11.5 Å². The van der Waals surface area contributed by atoms with Gasteiger partial charge in [0.1, 0.15) is 0 Å². The van der Waals surface area contributed by atoms with Crippen LogP contribution in [-0.2, 0) is 21.6 Å². The van der Waals surface area contributed by atoms with E-state index in [0.717, 1.165) is 19.1 Å². The van der Waals surface area contributed by atoms with Crippen molar-refractivity contribution in [3.8, 4) is 0 Å². The highest BCUT2D eigenvalue weighted by molar-refractivity contribution is 5.88. The van der Waals surface area contributed by atoms with Crippen molar-refractivity contribution >= 4 is 5.91 Å². The molecule has 0 spiro atoms. The Bertz CT molecular complexity index is 914. The van der Waals surface area contributed by atoms with Crippen molar-refractivity contribution in [3.05, 3.63) is 71.3 Å². The number of rotatable bonds is 4. The number of hydrogen-bond acceptors (Lipinski definition) is 2. The molecule has 0 saturated carbocycles. The van der Waals surface area contributed by atoms with Crippen LogP contribution < -0.4 is 0 Å². The van der Waals surface area contributed by atoms with Gasteiger partial charge in [0.2, 0.25) is 0 Å². The number of methoxy groups -OCH3 is 1. The highest BCUT2D eigenvalue weighted by Gasteiger charge is 2.65. The van der Waals surface area contributed by atoms with E-state index in [2.05, 4.69) is 13.0 Å². The fraction of sp³-hybridized carbons (Fsp3) is 0.458. The topological polar surface area (TPSA) is 29.5 Å². The second-order valence-corrected chi connectivity index (χ2v) is 8.19. The van der Waals surface area contributed by atoms with E-state index in [4.69, 9.17) is 4.74 Å². The Morgan fingerprint density at radius 1 is 1.10 bits per heavy atom. The lowest BCUT2D eigenvalue weighted by Crippen LogP contribution is -2.63. The van der Waals surface area contributed by atoms with Gasteiger partial charge in [-0.25, -0.2) is 0 Å². The molecule has 0 N–H and O–H groups in total. The van der Waals surface area contributed by atoms with E-state index in [1.807, 2.05) is 18.2 Å². The van der Waals surface area contributed by atoms with Gasteiger partial charge in [-0.2, -0.15) is 13.2 Å². The van der Waals surface area contributed by atoms with Gasteiger partial charge in [0, 0.05) is 25.3 Å². The van der Waals surface area contributed by atoms with E-state index in [1.54, 1.807) is 6.07 Å². The molecule has 6 heteroatoms. The third-order valence-electron chi connectivity index (χ3n) is 6.90. The first-order valence-electron chi connectivity index (χ1n) is 10.4. The zero-order valence-electron chi connectivity index (χ0n) is 17.2. The Morgan fingerprint density at radius 2 is 1.77 bits per heavy atom. The van der Waals surface area contributed by atoms with Crippen LogP contribution in [0.1, 0.15) is 42.4 Å². The molecule has 160 valence electrons. The number of halogens is 3. The largest absolute Gasteiger partial charge is 0.430 e. The molecule has 0 aromatic heterocycles. The highest BCUT2D eigenvalue weighted by Crippen LogP contribution is 2.49. The Hall–Kier alpha value is -2.34. The molecule has 1 aliphatic heterocycles. The molecule has 4 atom stereocenters. The van der Waals surface area contributed by atoms with Crippen molar-refractivity contribution in [2.45, 2.75) is 49.9 Å². The lowest BCUT2D eigenvalue weighted by atomic mass is 9.66. The predicted octanol–water partition coefficient (Wildman–Crippen LogP) is 5.06. The van der Waals surface area contributed by atoms with Gasteiger partial charge in [-0.15, -0.1) is 0 Å². The van der Waals surface area contributed by atoms with Crippen LogP contribution in [0.15, 0.2) is 54.6 Å². The van der Waals surface area contributed by atoms with Gasteiger partial charge in [-0.1, -0.05) is 67.9 Å². The molecule has 0 radical (unpaired) electrons. The first kappa shape index (κ1) is 20.9. The standard InChI is InChI=1S/C24H26F3NO2/c1-3-18-20-13-14-28(21(18)15-16-9-7-8-12-19(16)20)22(29)23(30-2,24(25,26)27)17-10-5-4-6-11-17/h4-12,18,20-21H,3,13-15H2,1-2H3/t18-,20-,21-,23+/m0/s1. The maximum atomic E-state index is 14.4. The quantitative estimate of drug-likeness (QED) is 0.696. The van der Waals surface area contributed by atoms with Crippen LogP contribution in [0.2, 0.25) is 0 Å². The summed E-state index contributed by atoms with van der Waals surface area (Å²) in [7, 11) is 0.971. The van der Waals surface area contributed by atoms with Crippen LogP contribution >= 0.6 is 0 Å². The molecule has 1 aliphatic carbocycles. The molecule has 4 rings (SSSR count). The van der Waals surface area contributed by atoms with E-state index in [-0.39, 0.29) is 23.4 Å². The lowest BCUT2D eigenvalue weighted by Gasteiger charge is -2.51. The Balaban J connectivity index is 1.78. The summed E-state index contributed by atoms with van der Waals surface area (Å²) in [6, 6.07) is 15.1. The summed E-state index contributed by atoms with van der Waals surface area (Å²) in [4.78, 5) is 15.1. The molecule has 1 fully saturated rings. The van der Waals surface area contributed by atoms with E-state index < -0.39 is 17.7 Å². The van der Waals surface area contributed by atoms with Crippen molar-refractivity contribution in [2.75, 3.05) is 13.7 Å². The van der Waals surface area contributed by atoms with E-state index in [0.29, 0.717) is 19.4 Å². The van der Waals surface area contributed by atoms with Crippen LogP contribution in [0.5, 0.6) is 0 Å². The smallest absolute Gasteiger partial charge is 0.356 e. The normalized spacial score (nSPS) is 25.4. The number of carbonyl (C=O) groups excluding carboxylic acids is 1. The fourth-order valence-corrected chi connectivity index (χ4v) is 5.53. The average molecular weight is 417 g/mol. The molecule has 2 aliphatic rings. The number of benzene rings is 2. The van der Waals surface area contributed by atoms with Crippen molar-refractivity contribution in [3.63, 3.8) is 0 Å². The first-order chi connectivity index (χ1) is 14.3. The minimum atomic E-state index is -4.88. The van der Waals surface area contributed by atoms with Gasteiger partial charge >= 0.3 is 6.18 Å². The number of likely N-dealkylation sites (tertiary alicyclic amines) is 1. The van der Waals surface area contributed by atoms with Crippen LogP contribution in [0, 0.1) is 5.92 Å². The number of ether oxygens (including phenoxy) is 1. The number of alkyl halides is 3. The molecule has 1 amide bonds. The minimum absolute atomic E-state index is 0.135. The number of nitrogens with zero attached hydrogens (tertiary/aromatic N) is 1. The number of hydrogen-bond donors (Lipinski definition) is 0. The Labute approximate surface area is 174 Å². The molecule has 2 aromatic carbocycles. The maximum absolute atomic E-state index is 14.4. The van der Waals surface area contributed by atoms with Crippen molar-refractivity contribution in [1.29, 1.82) is 0 Å². The zero-order valence-corrected chi connectivity index (χ0v) is 17.2. The average Bonchev–Trinajstić information content (AvgIpc) is 2.74. The number of carbonyl (C=O) groups is 1. The van der Waals surface area contributed by atoms with Crippen LogP contribution in [0.25, 0.3) is 0 Å². The predicted molar refractivity (Wildman–Crippen MR) is 108 cm³/mol. The van der Waals surface area contributed by atoms with Crippen molar-refractivity contribution in [1.82, 2.24) is 4.90 Å². The number of amides is 1. The molecular formula is C24H26F3NO2. The maximum Gasteiger partial charge on any atom is 0.430 e. The summed E-state index contributed by atoms with van der Waals surface area (Å²) >= 11 is 0. The van der Waals surface area contributed by atoms with Crippen molar-refractivity contribution in [2.24, 2.45) is 5.92 Å². The first-order valence-corrected chi connectivity index (χ1v) is 10.4. The summed E-state index contributed by atoms with van der Waals surface area (Å²) in [6.07, 6.45) is -2.84. The van der Waals surface area contributed by atoms with Crippen LogP contribution in [0.4, 0.5) is 13.2 Å². The fourth-order valence-electron chi connectivity index (χ4n) is 5.53. The second-order valence-electron chi connectivity index (χ2n) is 8.19. The van der Waals surface area contributed by atoms with Gasteiger partial charge in [0.15, 0.2) is 0 Å². The monoisotopic (exact) mass is 417 g/mol. The third kappa shape index (κ3) is 3.04. The van der Waals surface area contributed by atoms with E-state index in [1.165, 1.54) is 34.7 Å². The van der Waals surface area contributed by atoms with Crippen LogP contribution in [-0.4, -0.2) is 36.7 Å². The number of fused-ring (bicyclic) bond motifs is 4. The second kappa shape index (κ2) is 7.73. The zero-order chi connectivity index (χ0) is 21.5. The SMILES string of the molecule is CC[C@H]1[C@@H]2CCN(C(=O)[C@](OC)(c3ccccc3)C(F)(F)F)[C@H]1Cc1ccccc12. The highest BCUT2D eigenvalue weighted by atomic mass is 19.4. The molecule has 1 heterocycles. The third-order valence-corrected chi connectivity index (χ3v) is 6.90. The molecule has 0 unspecified atom stereocenters. The molecule has 1 saturated heterocycles. The van der Waals surface area contributed by atoms with Gasteiger partial charge in [0.05, 0.1) is 0 Å². The molecular weight excluding hydrogens is 391 g/mol. The Morgan fingerprint density at radius 3 is 2.40 bits per heavy atom. The van der Waals surface area contributed by atoms with Gasteiger partial charge in [-0.05, 0) is 35.8 Å². The minimum Gasteiger partial charge on any atom is -0.356 e. The van der Waals surface area contributed by atoms with E-state index in [9.17, 15) is 18.0 Å². The molecule has 3 nitrogen and oxygen atoms in total. The lowest BCUT2D eigenvalue weighted by molar-refractivity contribution is -0.272. The summed E-state index contributed by atoms with van der Waals surface area (Å²) < 4.78 is 48.4. The summed E-state index contributed by atoms with van der Waals surface area (Å²) in [5.41, 5.74) is -0.776. The molecule has 2 aromatic rings. The van der Waals surface area contributed by atoms with Gasteiger partial charge in [-0.3, -0.25) is 4.79 Å². The van der Waals surface area contributed by atoms with E-state index >= 15 is 0 Å². The van der Waals surface area contributed by atoms with Crippen molar-refractivity contribution < 1.29 is 22.7 Å². The Kier molecular flexibility index (Phi) is 5.39. The summed E-state index contributed by atoms with van der Waals surface area (Å²) in [5, 5.41) is 0. The summed E-state index contributed by atoms with van der Waals surface area (Å²) in [6.45, 7) is 2.35. The van der Waals surface area contributed by atoms with Crippen LogP contribution in [0.3, 0.4) is 0 Å². The number of piperidine rings is 1. The molecule has 2 bridgehead atoms. The van der Waals surface area contributed by atoms with Gasteiger partial charge < -0.3 is 9.64 Å². The summed E-state index contributed by atoms with van der Waals surface area (Å²) in [5.74, 6) is -0.602. The molecule has 30 heavy (non-hydrogen) atoms.